The molecule has 0 aliphatic rings. The average Bonchev–Trinajstić information content (AvgIpc) is 2.92. The smallest absolute Gasteiger partial charge is 0.193 e. The van der Waals surface area contributed by atoms with E-state index in [1.807, 2.05) is 48.8 Å². The van der Waals surface area contributed by atoms with E-state index in [2.05, 4.69) is 19.1 Å². The molecule has 0 amide bonds. The molecular formula is C37H76NO5P. The van der Waals surface area contributed by atoms with Gasteiger partial charge in [-0.25, -0.2) is 0 Å². The van der Waals surface area contributed by atoms with Gasteiger partial charge in [-0.15, -0.1) is 0 Å². The summed E-state index contributed by atoms with van der Waals surface area (Å²) in [6.45, 7) is 11.1. The number of quaternary nitrogens is 1. The first kappa shape index (κ1) is 43.8. The fourth-order valence-electron chi connectivity index (χ4n) is 5.81. The van der Waals surface area contributed by atoms with Gasteiger partial charge in [-0.05, 0) is 52.9 Å². The fourth-order valence-corrected chi connectivity index (χ4v) is 7.65. The number of nitrogens with zero attached hydrogens (tertiary/aromatic N) is 1. The predicted molar refractivity (Wildman–Crippen MR) is 188 cm³/mol. The average molecular weight is 646 g/mol. The van der Waals surface area contributed by atoms with Crippen LogP contribution in [0.1, 0.15) is 169 Å². The molecule has 0 aromatic heterocycles. The van der Waals surface area contributed by atoms with Crippen molar-refractivity contribution < 1.29 is 27.9 Å². The molecule has 44 heavy (non-hydrogen) atoms. The zero-order valence-electron chi connectivity index (χ0n) is 30.7. The van der Waals surface area contributed by atoms with Crippen molar-refractivity contribution in [3.63, 3.8) is 0 Å². The van der Waals surface area contributed by atoms with E-state index in [1.54, 1.807) is 0 Å². The van der Waals surface area contributed by atoms with Gasteiger partial charge in [0.1, 0.15) is 6.10 Å². The van der Waals surface area contributed by atoms with Gasteiger partial charge in [-0.1, -0.05) is 122 Å². The summed E-state index contributed by atoms with van der Waals surface area (Å²) in [7, 11) is 1.60. The minimum Gasteiger partial charge on any atom is -0.774 e. The molecule has 3 atom stereocenters. The fraction of sp³-hybridized carbons (Fsp3) is 0.946. The first-order valence-electron chi connectivity index (χ1n) is 18.5. The molecule has 0 aromatic rings. The SMILES string of the molecule is CCCCCCCCCCCCC/C=C\CCCCCCCCCOC[C@H](COP(=O)([O-])C(CC)[N+](C)(C)C)OC(C)(C)C. The van der Waals surface area contributed by atoms with Gasteiger partial charge in [0, 0.05) is 13.0 Å². The Bertz CT molecular complexity index is 716. The van der Waals surface area contributed by atoms with Crippen molar-refractivity contribution in [3.05, 3.63) is 12.2 Å². The maximum Gasteiger partial charge on any atom is 0.193 e. The Labute approximate surface area is 275 Å². The Morgan fingerprint density at radius 3 is 1.52 bits per heavy atom. The van der Waals surface area contributed by atoms with E-state index in [0.717, 1.165) is 12.8 Å². The van der Waals surface area contributed by atoms with Gasteiger partial charge >= 0.3 is 0 Å². The van der Waals surface area contributed by atoms with Gasteiger partial charge < -0.3 is 27.9 Å². The summed E-state index contributed by atoms with van der Waals surface area (Å²) in [5.41, 5.74) is -0.406. The third-order valence-corrected chi connectivity index (χ3v) is 10.5. The highest BCUT2D eigenvalue weighted by molar-refractivity contribution is 7.51. The minimum absolute atomic E-state index is 0.0108. The van der Waals surface area contributed by atoms with Crippen LogP contribution in [0, 0.1) is 0 Å². The molecule has 7 heteroatoms. The standard InChI is InChI=1S/C37H76NO5P/c1-9-11-12-13-14-15-16-17-18-19-20-21-22-23-24-25-26-27-28-29-30-31-32-41-33-35(43-37(3,4)5)34-42-44(39,40)36(10-2)38(6,7)8/h22-23,35-36H,9-21,24-34H2,1-8H3/b23-22-/t35-,36?/m1/s1. The molecule has 0 radical (unpaired) electrons. The van der Waals surface area contributed by atoms with E-state index in [0.29, 0.717) is 24.1 Å². The summed E-state index contributed by atoms with van der Waals surface area (Å²) >= 11 is 0. The lowest BCUT2D eigenvalue weighted by Gasteiger charge is -2.41. The van der Waals surface area contributed by atoms with Gasteiger partial charge in [0.25, 0.3) is 0 Å². The number of hydrogen-bond acceptors (Lipinski definition) is 5. The number of unbranched alkanes of at least 4 members (excludes halogenated alkanes) is 18. The second-order valence-electron chi connectivity index (χ2n) is 14.8. The van der Waals surface area contributed by atoms with Crippen molar-refractivity contribution in [1.29, 1.82) is 0 Å². The lowest BCUT2D eigenvalue weighted by atomic mass is 10.0. The van der Waals surface area contributed by atoms with E-state index in [4.69, 9.17) is 14.0 Å². The van der Waals surface area contributed by atoms with E-state index in [9.17, 15) is 9.46 Å². The van der Waals surface area contributed by atoms with E-state index in [1.165, 1.54) is 116 Å². The number of hydrogen-bond donors (Lipinski definition) is 0. The summed E-state index contributed by atoms with van der Waals surface area (Å²) in [5.74, 6) is -0.584. The third kappa shape index (κ3) is 26.9. The molecule has 0 aliphatic heterocycles. The highest BCUT2D eigenvalue weighted by atomic mass is 31.2. The first-order valence-corrected chi connectivity index (χ1v) is 20.1. The Balaban J connectivity index is 3.80. The molecule has 0 bridgehead atoms. The van der Waals surface area contributed by atoms with E-state index < -0.39 is 25.1 Å². The van der Waals surface area contributed by atoms with Crippen LogP contribution in [0.5, 0.6) is 0 Å². The van der Waals surface area contributed by atoms with Crippen LogP contribution in [0.25, 0.3) is 0 Å². The van der Waals surface area contributed by atoms with Gasteiger partial charge in [-0.2, -0.15) is 0 Å². The topological polar surface area (TPSA) is 67.8 Å². The lowest BCUT2D eigenvalue weighted by Crippen LogP contribution is -2.47. The number of allylic oxidation sites excluding steroid dienone is 2. The molecule has 0 saturated heterocycles. The van der Waals surface area contributed by atoms with Crippen LogP contribution in [-0.2, 0) is 18.6 Å². The van der Waals surface area contributed by atoms with Crippen molar-refractivity contribution >= 4 is 7.60 Å². The monoisotopic (exact) mass is 646 g/mol. The summed E-state index contributed by atoms with van der Waals surface area (Å²) in [5, 5.41) is 0. The highest BCUT2D eigenvalue weighted by Crippen LogP contribution is 2.47. The summed E-state index contributed by atoms with van der Waals surface area (Å²) in [6, 6.07) is 0. The Kier molecular flexibility index (Phi) is 26.7. The molecule has 0 rings (SSSR count). The van der Waals surface area contributed by atoms with Crippen molar-refractivity contribution in [2.75, 3.05) is 41.0 Å². The van der Waals surface area contributed by atoms with E-state index >= 15 is 0 Å². The minimum atomic E-state index is -4.04. The van der Waals surface area contributed by atoms with Crippen LogP contribution in [0.3, 0.4) is 0 Å². The molecule has 0 saturated carbocycles. The van der Waals surface area contributed by atoms with Crippen molar-refractivity contribution in [2.24, 2.45) is 0 Å². The van der Waals surface area contributed by atoms with Crippen LogP contribution in [0.4, 0.5) is 0 Å². The number of ether oxygens (including phenoxy) is 2. The van der Waals surface area contributed by atoms with Crippen LogP contribution in [-0.4, -0.2) is 62.9 Å². The molecular weight excluding hydrogens is 569 g/mol. The zero-order valence-corrected chi connectivity index (χ0v) is 31.6. The molecule has 2 unspecified atom stereocenters. The molecule has 0 heterocycles. The molecule has 6 nitrogen and oxygen atoms in total. The summed E-state index contributed by atoms with van der Waals surface area (Å²) in [4.78, 5) is 12.9. The second kappa shape index (κ2) is 26.8. The van der Waals surface area contributed by atoms with E-state index in [-0.39, 0.29) is 6.61 Å². The Morgan fingerprint density at radius 1 is 0.682 bits per heavy atom. The Hall–Kier alpha value is -0.230. The third-order valence-electron chi connectivity index (χ3n) is 8.19. The van der Waals surface area contributed by atoms with Crippen molar-refractivity contribution in [2.45, 2.75) is 187 Å². The van der Waals surface area contributed by atoms with Crippen molar-refractivity contribution in [1.82, 2.24) is 0 Å². The van der Waals surface area contributed by atoms with Gasteiger partial charge in [0.2, 0.25) is 0 Å². The molecule has 0 aliphatic carbocycles. The van der Waals surface area contributed by atoms with Crippen LogP contribution in [0.2, 0.25) is 0 Å². The first-order chi connectivity index (χ1) is 20.8. The highest BCUT2D eigenvalue weighted by Gasteiger charge is 2.34. The quantitative estimate of drug-likeness (QED) is 0.0325. The molecule has 0 N–H and O–H groups in total. The van der Waals surface area contributed by atoms with Crippen LogP contribution < -0.4 is 4.89 Å². The molecule has 0 aromatic carbocycles. The van der Waals surface area contributed by atoms with Gasteiger partial charge in [0.15, 0.2) is 13.4 Å². The number of rotatable bonds is 31. The second-order valence-corrected chi connectivity index (χ2v) is 16.8. The van der Waals surface area contributed by atoms with Gasteiger partial charge in [0.05, 0.1) is 40.0 Å². The zero-order chi connectivity index (χ0) is 33.2. The maximum atomic E-state index is 12.9. The molecule has 264 valence electrons. The lowest BCUT2D eigenvalue weighted by molar-refractivity contribution is -0.884. The largest absolute Gasteiger partial charge is 0.774 e. The summed E-state index contributed by atoms with van der Waals surface area (Å²) < 4.78 is 30.6. The predicted octanol–water partition coefficient (Wildman–Crippen LogP) is 10.6. The van der Waals surface area contributed by atoms with Crippen LogP contribution >= 0.6 is 7.60 Å². The normalized spacial score (nSPS) is 15.6. The van der Waals surface area contributed by atoms with Crippen LogP contribution in [0.15, 0.2) is 12.2 Å². The molecule has 0 spiro atoms. The van der Waals surface area contributed by atoms with Gasteiger partial charge in [-0.3, -0.25) is 0 Å². The molecule has 0 fully saturated rings. The summed E-state index contributed by atoms with van der Waals surface area (Å²) in [6.07, 6.45) is 31.6. The Morgan fingerprint density at radius 2 is 1.11 bits per heavy atom. The van der Waals surface area contributed by atoms with Crippen molar-refractivity contribution in [3.8, 4) is 0 Å². The maximum absolute atomic E-state index is 12.9.